The van der Waals surface area contributed by atoms with Gasteiger partial charge in [-0.2, -0.15) is 0 Å². The number of carbonyl (C=O) groups is 1. The zero-order valence-electron chi connectivity index (χ0n) is 12.0. The summed E-state index contributed by atoms with van der Waals surface area (Å²) in [5, 5.41) is -0.304. The molecule has 0 aliphatic heterocycles. The molecule has 0 bridgehead atoms. The SMILES string of the molecule is COC(=O)[C@@H]1C[C@H](C)C=C[C@@H]1S(=O)c1ccc(C)cc1. The first-order valence-corrected chi connectivity index (χ1v) is 7.97. The Morgan fingerprint density at radius 2 is 1.90 bits per heavy atom. The van der Waals surface area contributed by atoms with Gasteiger partial charge < -0.3 is 4.74 Å². The van der Waals surface area contributed by atoms with Crippen LogP contribution in [-0.2, 0) is 20.3 Å². The van der Waals surface area contributed by atoms with Gasteiger partial charge in [0.05, 0.1) is 29.1 Å². The standard InChI is InChI=1S/C16H20O3S/c1-11-4-7-13(8-5-11)20(18)15-9-6-12(2)10-14(15)16(17)19-3/h4-9,12,14-15H,10H2,1-3H3/t12-,14-,15+,20?/m1/s1. The van der Waals surface area contributed by atoms with E-state index in [-0.39, 0.29) is 17.1 Å². The molecule has 4 atom stereocenters. The number of allylic oxidation sites excluding steroid dienone is 1. The van der Waals surface area contributed by atoms with E-state index < -0.39 is 10.8 Å². The maximum absolute atomic E-state index is 12.7. The number of ether oxygens (including phenoxy) is 1. The third kappa shape index (κ3) is 3.18. The lowest BCUT2D eigenvalue weighted by Gasteiger charge is -2.27. The van der Waals surface area contributed by atoms with Crippen LogP contribution in [0.25, 0.3) is 0 Å². The summed E-state index contributed by atoms with van der Waals surface area (Å²) < 4.78 is 17.6. The number of methoxy groups -OCH3 is 1. The Labute approximate surface area is 122 Å². The molecule has 0 aromatic heterocycles. The van der Waals surface area contributed by atoms with Crippen molar-refractivity contribution >= 4 is 16.8 Å². The fraction of sp³-hybridized carbons (Fsp3) is 0.438. The van der Waals surface area contributed by atoms with Crippen LogP contribution < -0.4 is 0 Å². The molecule has 108 valence electrons. The van der Waals surface area contributed by atoms with Crippen LogP contribution in [0.5, 0.6) is 0 Å². The molecule has 0 heterocycles. The van der Waals surface area contributed by atoms with Crippen molar-refractivity contribution in [2.24, 2.45) is 11.8 Å². The number of hydrogen-bond acceptors (Lipinski definition) is 3. The second-order valence-electron chi connectivity index (χ2n) is 5.30. The second kappa shape index (κ2) is 6.35. The Morgan fingerprint density at radius 3 is 2.50 bits per heavy atom. The van der Waals surface area contributed by atoms with Gasteiger partial charge in [-0.3, -0.25) is 9.00 Å². The summed E-state index contributed by atoms with van der Waals surface area (Å²) in [4.78, 5) is 12.7. The lowest BCUT2D eigenvalue weighted by Crippen LogP contribution is -2.35. The highest BCUT2D eigenvalue weighted by molar-refractivity contribution is 7.86. The predicted molar refractivity (Wildman–Crippen MR) is 79.8 cm³/mol. The number of carbonyl (C=O) groups excluding carboxylic acids is 1. The van der Waals surface area contributed by atoms with Crippen LogP contribution in [0.1, 0.15) is 18.9 Å². The Morgan fingerprint density at radius 1 is 1.25 bits per heavy atom. The maximum Gasteiger partial charge on any atom is 0.310 e. The predicted octanol–water partition coefficient (Wildman–Crippen LogP) is 2.86. The summed E-state index contributed by atoms with van der Waals surface area (Å²) in [6.07, 6.45) is 4.63. The largest absolute Gasteiger partial charge is 0.469 e. The monoisotopic (exact) mass is 292 g/mol. The molecular weight excluding hydrogens is 272 g/mol. The lowest BCUT2D eigenvalue weighted by molar-refractivity contribution is -0.145. The highest BCUT2D eigenvalue weighted by Gasteiger charge is 2.35. The highest BCUT2D eigenvalue weighted by Crippen LogP contribution is 2.30. The molecule has 1 aliphatic carbocycles. The average Bonchev–Trinajstić information content (AvgIpc) is 2.46. The van der Waals surface area contributed by atoms with E-state index in [1.165, 1.54) is 7.11 Å². The molecule has 0 amide bonds. The molecular formula is C16H20O3S. The first-order chi connectivity index (χ1) is 9.52. The van der Waals surface area contributed by atoms with Crippen molar-refractivity contribution in [1.29, 1.82) is 0 Å². The van der Waals surface area contributed by atoms with E-state index >= 15 is 0 Å². The summed E-state index contributed by atoms with van der Waals surface area (Å²) in [5.41, 5.74) is 1.13. The molecule has 3 nitrogen and oxygen atoms in total. The van der Waals surface area contributed by atoms with Gasteiger partial charge >= 0.3 is 5.97 Å². The Bertz CT molecular complexity index is 533. The summed E-state index contributed by atoms with van der Waals surface area (Å²) >= 11 is 0. The molecule has 2 rings (SSSR count). The van der Waals surface area contributed by atoms with Gasteiger partial charge in [0.15, 0.2) is 0 Å². The van der Waals surface area contributed by atoms with Crippen LogP contribution in [0.2, 0.25) is 0 Å². The number of esters is 1. The van der Waals surface area contributed by atoms with Gasteiger partial charge in [0.2, 0.25) is 0 Å². The summed E-state index contributed by atoms with van der Waals surface area (Å²) in [6.45, 7) is 4.05. The van der Waals surface area contributed by atoms with Crippen molar-refractivity contribution in [1.82, 2.24) is 0 Å². The van der Waals surface area contributed by atoms with Gasteiger partial charge in [-0.05, 0) is 31.4 Å². The fourth-order valence-electron chi connectivity index (χ4n) is 2.48. The van der Waals surface area contributed by atoms with Crippen molar-refractivity contribution in [2.45, 2.75) is 30.4 Å². The van der Waals surface area contributed by atoms with Crippen LogP contribution in [0.4, 0.5) is 0 Å². The maximum atomic E-state index is 12.7. The zero-order valence-corrected chi connectivity index (χ0v) is 12.9. The molecule has 0 saturated heterocycles. The third-order valence-corrected chi connectivity index (χ3v) is 5.37. The molecule has 0 N–H and O–H groups in total. The highest BCUT2D eigenvalue weighted by atomic mass is 32.2. The van der Waals surface area contributed by atoms with Gasteiger partial charge in [-0.15, -0.1) is 0 Å². The van der Waals surface area contributed by atoms with Gasteiger partial charge in [0.1, 0.15) is 0 Å². The van der Waals surface area contributed by atoms with Crippen LogP contribution in [0.3, 0.4) is 0 Å². The normalized spacial score (nSPS) is 27.1. The molecule has 20 heavy (non-hydrogen) atoms. The van der Waals surface area contributed by atoms with Gasteiger partial charge in [0.25, 0.3) is 0 Å². The van der Waals surface area contributed by atoms with E-state index in [1.807, 2.05) is 43.3 Å². The number of benzene rings is 1. The van der Waals surface area contributed by atoms with E-state index in [9.17, 15) is 9.00 Å². The molecule has 1 aromatic rings. The molecule has 1 aliphatic rings. The smallest absolute Gasteiger partial charge is 0.310 e. The number of hydrogen-bond donors (Lipinski definition) is 0. The van der Waals surface area contributed by atoms with Crippen LogP contribution in [-0.4, -0.2) is 22.5 Å². The fourth-order valence-corrected chi connectivity index (χ4v) is 3.95. The Balaban J connectivity index is 2.28. The van der Waals surface area contributed by atoms with E-state index in [0.717, 1.165) is 10.5 Å². The van der Waals surface area contributed by atoms with Crippen molar-refractivity contribution < 1.29 is 13.7 Å². The number of rotatable bonds is 3. The summed E-state index contributed by atoms with van der Waals surface area (Å²) in [5.74, 6) is -0.292. The van der Waals surface area contributed by atoms with Gasteiger partial charge in [-0.1, -0.05) is 36.8 Å². The minimum atomic E-state index is -1.23. The Kier molecular flexibility index (Phi) is 4.76. The van der Waals surface area contributed by atoms with Crippen molar-refractivity contribution in [2.75, 3.05) is 7.11 Å². The van der Waals surface area contributed by atoms with E-state index in [4.69, 9.17) is 4.74 Å². The van der Waals surface area contributed by atoms with Crippen molar-refractivity contribution in [3.8, 4) is 0 Å². The zero-order chi connectivity index (χ0) is 14.7. The Hall–Kier alpha value is -1.42. The van der Waals surface area contributed by atoms with E-state index in [2.05, 4.69) is 6.92 Å². The molecule has 0 saturated carbocycles. The summed E-state index contributed by atoms with van der Waals surface area (Å²) in [6, 6.07) is 7.61. The second-order valence-corrected chi connectivity index (χ2v) is 6.91. The van der Waals surface area contributed by atoms with Gasteiger partial charge in [-0.25, -0.2) is 0 Å². The topological polar surface area (TPSA) is 43.4 Å². The third-order valence-electron chi connectivity index (χ3n) is 3.66. The molecule has 1 unspecified atom stereocenters. The van der Waals surface area contributed by atoms with E-state index in [0.29, 0.717) is 12.3 Å². The van der Waals surface area contributed by atoms with Crippen molar-refractivity contribution in [3.05, 3.63) is 42.0 Å². The van der Waals surface area contributed by atoms with Crippen molar-refractivity contribution in [3.63, 3.8) is 0 Å². The van der Waals surface area contributed by atoms with Crippen LogP contribution >= 0.6 is 0 Å². The summed E-state index contributed by atoms with van der Waals surface area (Å²) in [7, 11) is 0.153. The lowest BCUT2D eigenvalue weighted by atomic mass is 9.87. The quantitative estimate of drug-likeness (QED) is 0.635. The minimum Gasteiger partial charge on any atom is -0.469 e. The molecule has 0 radical (unpaired) electrons. The molecule has 0 fully saturated rings. The van der Waals surface area contributed by atoms with Crippen LogP contribution in [0, 0.1) is 18.8 Å². The number of aryl methyl sites for hydroxylation is 1. The van der Waals surface area contributed by atoms with E-state index in [1.54, 1.807) is 0 Å². The molecule has 0 spiro atoms. The minimum absolute atomic E-state index is 0.272. The average molecular weight is 292 g/mol. The first-order valence-electron chi connectivity index (χ1n) is 6.76. The van der Waals surface area contributed by atoms with Crippen LogP contribution in [0.15, 0.2) is 41.3 Å². The first kappa shape index (κ1) is 15.0. The molecule has 4 heteroatoms. The van der Waals surface area contributed by atoms with Gasteiger partial charge in [0, 0.05) is 4.90 Å². The molecule has 1 aromatic carbocycles.